The van der Waals surface area contributed by atoms with Gasteiger partial charge in [0.15, 0.2) is 0 Å². The average Bonchev–Trinajstić information content (AvgIpc) is 2.29. The Morgan fingerprint density at radius 1 is 1.33 bits per heavy atom. The molecular formula is C12H19F3O3. The molecule has 0 heterocycles. The van der Waals surface area contributed by atoms with Crippen molar-refractivity contribution in [1.29, 1.82) is 0 Å². The van der Waals surface area contributed by atoms with E-state index in [2.05, 4.69) is 11.3 Å². The number of carbonyl (C=O) groups excluding carboxylic acids is 1. The Bertz CT molecular complexity index is 274. The van der Waals surface area contributed by atoms with E-state index in [1.54, 1.807) is 0 Å². The van der Waals surface area contributed by atoms with Crippen molar-refractivity contribution in [3.63, 3.8) is 0 Å². The number of alkyl halides is 3. The Hall–Kier alpha value is -1.04. The summed E-state index contributed by atoms with van der Waals surface area (Å²) in [6, 6.07) is 0. The van der Waals surface area contributed by atoms with Crippen LogP contribution in [0.1, 0.15) is 39.0 Å². The summed E-state index contributed by atoms with van der Waals surface area (Å²) in [6.07, 6.45) is -1.70. The summed E-state index contributed by atoms with van der Waals surface area (Å²) >= 11 is 0. The van der Waals surface area contributed by atoms with Gasteiger partial charge in [-0.2, -0.15) is 13.2 Å². The zero-order valence-electron chi connectivity index (χ0n) is 10.4. The van der Waals surface area contributed by atoms with Crippen LogP contribution in [0, 0.1) is 0 Å². The standard InChI is InChI=1S/C12H19F3O3/c1-3-4-5-6-7-10(16)9(2)8-18-11(17)12(13,14)15/h10,16H,2-8H2,1H3. The van der Waals surface area contributed by atoms with Crippen LogP contribution in [0.2, 0.25) is 0 Å². The third-order valence-electron chi connectivity index (χ3n) is 2.42. The highest BCUT2D eigenvalue weighted by molar-refractivity contribution is 5.75. The molecule has 0 aliphatic rings. The van der Waals surface area contributed by atoms with Crippen molar-refractivity contribution >= 4 is 5.97 Å². The molecule has 0 spiro atoms. The van der Waals surface area contributed by atoms with Gasteiger partial charge < -0.3 is 9.84 Å². The molecule has 0 aromatic rings. The topological polar surface area (TPSA) is 46.5 Å². The highest BCUT2D eigenvalue weighted by Gasteiger charge is 2.41. The molecule has 0 aromatic carbocycles. The Balaban J connectivity index is 3.84. The first-order chi connectivity index (χ1) is 8.29. The second-order valence-corrected chi connectivity index (χ2v) is 4.10. The van der Waals surface area contributed by atoms with Gasteiger partial charge in [-0.15, -0.1) is 0 Å². The molecule has 0 saturated carbocycles. The van der Waals surface area contributed by atoms with Crippen LogP contribution in [0.25, 0.3) is 0 Å². The summed E-state index contributed by atoms with van der Waals surface area (Å²) in [7, 11) is 0. The number of esters is 1. The van der Waals surface area contributed by atoms with E-state index >= 15 is 0 Å². The number of ether oxygens (including phenoxy) is 1. The lowest BCUT2D eigenvalue weighted by molar-refractivity contribution is -0.198. The van der Waals surface area contributed by atoms with Crippen LogP contribution in [-0.4, -0.2) is 30.0 Å². The Morgan fingerprint density at radius 2 is 1.94 bits per heavy atom. The predicted molar refractivity (Wildman–Crippen MR) is 60.9 cm³/mol. The van der Waals surface area contributed by atoms with Gasteiger partial charge in [-0.1, -0.05) is 39.2 Å². The molecule has 1 atom stereocenters. The van der Waals surface area contributed by atoms with Crippen LogP contribution in [0.4, 0.5) is 13.2 Å². The van der Waals surface area contributed by atoms with Gasteiger partial charge in [0.05, 0.1) is 6.10 Å². The summed E-state index contributed by atoms with van der Waals surface area (Å²) in [5.74, 6) is -2.26. The van der Waals surface area contributed by atoms with E-state index in [4.69, 9.17) is 0 Å². The molecule has 1 N–H and O–H groups in total. The van der Waals surface area contributed by atoms with Gasteiger partial charge in [0.2, 0.25) is 0 Å². The summed E-state index contributed by atoms with van der Waals surface area (Å²) < 4.78 is 39.5. The van der Waals surface area contributed by atoms with Crippen LogP contribution in [-0.2, 0) is 9.53 Å². The summed E-state index contributed by atoms with van der Waals surface area (Å²) in [5, 5.41) is 9.56. The SMILES string of the molecule is C=C(COC(=O)C(F)(F)F)C(O)CCCCCC. The molecule has 0 amide bonds. The summed E-state index contributed by atoms with van der Waals surface area (Å²) in [6.45, 7) is 4.86. The van der Waals surface area contributed by atoms with Crippen molar-refractivity contribution in [3.8, 4) is 0 Å². The fourth-order valence-corrected chi connectivity index (χ4v) is 1.30. The van der Waals surface area contributed by atoms with E-state index in [-0.39, 0.29) is 5.57 Å². The molecule has 6 heteroatoms. The molecule has 18 heavy (non-hydrogen) atoms. The molecule has 0 aromatic heterocycles. The Morgan fingerprint density at radius 3 is 2.44 bits per heavy atom. The first-order valence-electron chi connectivity index (χ1n) is 5.88. The predicted octanol–water partition coefficient (Wildman–Crippen LogP) is 2.98. The Labute approximate surface area is 105 Å². The van der Waals surface area contributed by atoms with Crippen LogP contribution in [0.15, 0.2) is 12.2 Å². The van der Waals surface area contributed by atoms with E-state index in [1.165, 1.54) is 0 Å². The molecule has 0 fully saturated rings. The van der Waals surface area contributed by atoms with Gasteiger partial charge in [0.25, 0.3) is 0 Å². The molecule has 3 nitrogen and oxygen atoms in total. The van der Waals surface area contributed by atoms with Crippen molar-refractivity contribution in [2.75, 3.05) is 6.61 Å². The molecule has 0 radical (unpaired) electrons. The Kier molecular flexibility index (Phi) is 7.66. The van der Waals surface area contributed by atoms with Crippen molar-refractivity contribution in [3.05, 3.63) is 12.2 Å². The van der Waals surface area contributed by atoms with Crippen molar-refractivity contribution in [2.45, 2.75) is 51.3 Å². The number of halogens is 3. The van der Waals surface area contributed by atoms with E-state index in [0.717, 1.165) is 25.7 Å². The molecule has 0 rings (SSSR count). The van der Waals surface area contributed by atoms with Crippen LogP contribution >= 0.6 is 0 Å². The van der Waals surface area contributed by atoms with Gasteiger partial charge >= 0.3 is 12.1 Å². The molecule has 0 saturated heterocycles. The largest absolute Gasteiger partial charge is 0.490 e. The van der Waals surface area contributed by atoms with Crippen molar-refractivity contribution in [2.24, 2.45) is 0 Å². The molecule has 0 bridgehead atoms. The second kappa shape index (κ2) is 8.13. The maximum Gasteiger partial charge on any atom is 0.490 e. The molecule has 106 valence electrons. The third kappa shape index (κ3) is 7.32. The summed E-state index contributed by atoms with van der Waals surface area (Å²) in [4.78, 5) is 10.4. The van der Waals surface area contributed by atoms with Crippen LogP contribution in [0.3, 0.4) is 0 Å². The van der Waals surface area contributed by atoms with Gasteiger partial charge in [-0.05, 0) is 12.0 Å². The molecule has 0 aliphatic carbocycles. The number of hydrogen-bond acceptors (Lipinski definition) is 3. The van der Waals surface area contributed by atoms with Gasteiger partial charge in [-0.25, -0.2) is 4.79 Å². The summed E-state index contributed by atoms with van der Waals surface area (Å²) in [5.41, 5.74) is 0.0871. The van der Waals surface area contributed by atoms with E-state index < -0.39 is 24.9 Å². The minimum Gasteiger partial charge on any atom is -0.454 e. The van der Waals surface area contributed by atoms with Crippen molar-refractivity contribution in [1.82, 2.24) is 0 Å². The first-order valence-corrected chi connectivity index (χ1v) is 5.88. The molecule has 1 unspecified atom stereocenters. The van der Waals surface area contributed by atoms with E-state index in [9.17, 15) is 23.1 Å². The number of hydrogen-bond donors (Lipinski definition) is 1. The van der Waals surface area contributed by atoms with Crippen LogP contribution in [0.5, 0.6) is 0 Å². The zero-order chi connectivity index (χ0) is 14.2. The molecular weight excluding hydrogens is 249 g/mol. The second-order valence-electron chi connectivity index (χ2n) is 4.10. The van der Waals surface area contributed by atoms with Crippen LogP contribution < -0.4 is 0 Å². The van der Waals surface area contributed by atoms with Gasteiger partial charge in [0, 0.05) is 0 Å². The maximum atomic E-state index is 11.8. The smallest absolute Gasteiger partial charge is 0.454 e. The number of rotatable bonds is 8. The monoisotopic (exact) mass is 268 g/mol. The van der Waals surface area contributed by atoms with E-state index in [1.807, 2.05) is 6.92 Å². The lowest BCUT2D eigenvalue weighted by Crippen LogP contribution is -2.27. The fraction of sp³-hybridized carbons (Fsp3) is 0.750. The number of aliphatic hydroxyl groups is 1. The number of unbranched alkanes of at least 4 members (excludes halogenated alkanes) is 3. The average molecular weight is 268 g/mol. The lowest BCUT2D eigenvalue weighted by Gasteiger charge is -2.14. The maximum absolute atomic E-state index is 11.8. The molecule has 0 aliphatic heterocycles. The number of aliphatic hydroxyl groups excluding tert-OH is 1. The zero-order valence-corrected chi connectivity index (χ0v) is 10.4. The quantitative estimate of drug-likeness (QED) is 0.418. The highest BCUT2D eigenvalue weighted by Crippen LogP contribution is 2.18. The lowest BCUT2D eigenvalue weighted by atomic mass is 10.0. The first kappa shape index (κ1) is 17.0. The van der Waals surface area contributed by atoms with Gasteiger partial charge in [-0.3, -0.25) is 0 Å². The van der Waals surface area contributed by atoms with E-state index in [0.29, 0.717) is 6.42 Å². The number of carbonyl (C=O) groups is 1. The normalized spacial score (nSPS) is 13.2. The minimum atomic E-state index is -5.01. The highest BCUT2D eigenvalue weighted by atomic mass is 19.4. The fourth-order valence-electron chi connectivity index (χ4n) is 1.30. The van der Waals surface area contributed by atoms with Crippen molar-refractivity contribution < 1.29 is 27.8 Å². The van der Waals surface area contributed by atoms with Gasteiger partial charge in [0.1, 0.15) is 6.61 Å². The minimum absolute atomic E-state index is 0.0871. The third-order valence-corrected chi connectivity index (χ3v) is 2.42.